The zero-order chi connectivity index (χ0) is 21.2. The van der Waals surface area contributed by atoms with Gasteiger partial charge in [-0.25, -0.2) is 14.5 Å². The van der Waals surface area contributed by atoms with Gasteiger partial charge in [0.05, 0.1) is 13.0 Å². The maximum absolute atomic E-state index is 13.0. The number of hydrogen-bond donors (Lipinski definition) is 1. The fraction of sp³-hybridized carbons (Fsp3) is 0.778. The molecule has 0 aromatic heterocycles. The van der Waals surface area contributed by atoms with Crippen LogP contribution in [0.15, 0.2) is 0 Å². The number of hydrogen-bond acceptors (Lipinski definition) is 8. The molecule has 0 radical (unpaired) electrons. The summed E-state index contributed by atoms with van der Waals surface area (Å²) in [5.74, 6) is -3.10. The van der Waals surface area contributed by atoms with Crippen LogP contribution in [0.3, 0.4) is 0 Å². The Labute approximate surface area is 158 Å². The molecule has 1 heterocycles. The van der Waals surface area contributed by atoms with Crippen LogP contribution in [0.5, 0.6) is 0 Å². The Balaban J connectivity index is 3.63. The third kappa shape index (κ3) is 4.58. The molecule has 0 bridgehead atoms. The van der Waals surface area contributed by atoms with Crippen LogP contribution in [0.25, 0.3) is 0 Å². The summed E-state index contributed by atoms with van der Waals surface area (Å²) in [5.41, 5.74) is -3.19. The third-order valence-corrected chi connectivity index (χ3v) is 4.01. The SMILES string of the molecule is CCOC(=O)[C@@]1([C@@H](OC(C)=O)C(C)C)[C@@H](O)CC(=O)N1C(=O)OC(C)(C)C. The van der Waals surface area contributed by atoms with Gasteiger partial charge in [0.1, 0.15) is 17.8 Å². The number of amides is 2. The molecule has 1 aliphatic heterocycles. The fourth-order valence-corrected chi connectivity index (χ4v) is 3.15. The Kier molecular flexibility index (Phi) is 6.99. The lowest BCUT2D eigenvalue weighted by Gasteiger charge is -2.43. The van der Waals surface area contributed by atoms with E-state index in [0.717, 1.165) is 6.92 Å². The molecule has 1 aliphatic rings. The van der Waals surface area contributed by atoms with E-state index in [1.807, 2.05) is 0 Å². The molecule has 0 unspecified atom stereocenters. The normalized spacial score (nSPS) is 24.0. The molecule has 0 aromatic carbocycles. The molecule has 0 aromatic rings. The second-order valence-electron chi connectivity index (χ2n) is 7.75. The van der Waals surface area contributed by atoms with Crippen molar-refractivity contribution in [1.29, 1.82) is 0 Å². The second-order valence-corrected chi connectivity index (χ2v) is 7.75. The Morgan fingerprint density at radius 2 is 1.85 bits per heavy atom. The van der Waals surface area contributed by atoms with Gasteiger partial charge in [-0.3, -0.25) is 9.59 Å². The molecule has 0 aliphatic carbocycles. The number of ether oxygens (including phenoxy) is 3. The average molecular weight is 387 g/mol. The molecule has 1 rings (SSSR count). The highest BCUT2D eigenvalue weighted by molar-refractivity contribution is 6.03. The Bertz CT molecular complexity index is 609. The molecule has 3 atom stereocenters. The van der Waals surface area contributed by atoms with Crippen LogP contribution in [-0.2, 0) is 28.6 Å². The number of aliphatic hydroxyl groups is 1. The predicted molar refractivity (Wildman–Crippen MR) is 93.5 cm³/mol. The summed E-state index contributed by atoms with van der Waals surface area (Å²) in [6, 6.07) is 0. The van der Waals surface area contributed by atoms with Gasteiger partial charge in [0.2, 0.25) is 11.4 Å². The Morgan fingerprint density at radius 1 is 1.30 bits per heavy atom. The van der Waals surface area contributed by atoms with E-state index in [-0.39, 0.29) is 6.61 Å². The topological polar surface area (TPSA) is 119 Å². The molecule has 1 N–H and O–H groups in total. The minimum absolute atomic E-state index is 0.0610. The molecule has 1 fully saturated rings. The minimum atomic E-state index is -2.23. The van der Waals surface area contributed by atoms with Gasteiger partial charge in [-0.05, 0) is 33.6 Å². The minimum Gasteiger partial charge on any atom is -0.464 e. The smallest absolute Gasteiger partial charge is 0.418 e. The molecular formula is C18H29NO8. The van der Waals surface area contributed by atoms with Crippen molar-refractivity contribution in [2.45, 2.75) is 78.2 Å². The second kappa shape index (κ2) is 8.24. The maximum Gasteiger partial charge on any atom is 0.418 e. The van der Waals surface area contributed by atoms with Crippen LogP contribution in [0.4, 0.5) is 4.79 Å². The first-order chi connectivity index (χ1) is 12.3. The number of carbonyl (C=O) groups excluding carboxylic acids is 4. The van der Waals surface area contributed by atoms with Crippen molar-refractivity contribution in [2.75, 3.05) is 6.61 Å². The van der Waals surface area contributed by atoms with Gasteiger partial charge in [0.25, 0.3) is 0 Å². The van der Waals surface area contributed by atoms with Crippen molar-refractivity contribution < 1.29 is 38.5 Å². The highest BCUT2D eigenvalue weighted by Gasteiger charge is 2.68. The molecule has 154 valence electrons. The van der Waals surface area contributed by atoms with E-state index >= 15 is 0 Å². The standard InChI is InChI=1S/C18H29NO8/c1-8-25-15(23)18(14(10(2)3)26-11(4)20)12(21)9-13(22)19(18)16(24)27-17(5,6)7/h10,12,14,21H,8-9H2,1-7H3/t12-,14-,18-/m0/s1. The van der Waals surface area contributed by atoms with Gasteiger partial charge in [-0.15, -0.1) is 0 Å². The van der Waals surface area contributed by atoms with Crippen molar-refractivity contribution in [1.82, 2.24) is 4.90 Å². The van der Waals surface area contributed by atoms with E-state index in [1.54, 1.807) is 41.5 Å². The molecule has 1 saturated heterocycles. The van der Waals surface area contributed by atoms with E-state index in [2.05, 4.69) is 0 Å². The lowest BCUT2D eigenvalue weighted by atomic mass is 9.81. The van der Waals surface area contributed by atoms with Crippen molar-refractivity contribution in [3.8, 4) is 0 Å². The lowest BCUT2D eigenvalue weighted by Crippen LogP contribution is -2.69. The molecular weight excluding hydrogens is 358 g/mol. The summed E-state index contributed by atoms with van der Waals surface area (Å²) >= 11 is 0. The van der Waals surface area contributed by atoms with Gasteiger partial charge in [0, 0.05) is 6.92 Å². The van der Waals surface area contributed by atoms with E-state index < -0.39 is 59.6 Å². The van der Waals surface area contributed by atoms with Crippen molar-refractivity contribution >= 4 is 23.9 Å². The number of likely N-dealkylation sites (tertiary alicyclic amines) is 1. The largest absolute Gasteiger partial charge is 0.464 e. The number of esters is 2. The summed E-state index contributed by atoms with van der Waals surface area (Å²) in [4.78, 5) is 50.5. The highest BCUT2D eigenvalue weighted by Crippen LogP contribution is 2.40. The summed E-state index contributed by atoms with van der Waals surface area (Å²) in [7, 11) is 0. The monoisotopic (exact) mass is 387 g/mol. The van der Waals surface area contributed by atoms with E-state index in [1.165, 1.54) is 0 Å². The summed E-state index contributed by atoms with van der Waals surface area (Å²) in [5, 5.41) is 10.7. The Hall–Kier alpha value is -2.16. The molecule has 0 spiro atoms. The zero-order valence-corrected chi connectivity index (χ0v) is 16.9. The molecule has 27 heavy (non-hydrogen) atoms. The Morgan fingerprint density at radius 3 is 2.26 bits per heavy atom. The zero-order valence-electron chi connectivity index (χ0n) is 16.9. The number of carbonyl (C=O) groups is 4. The highest BCUT2D eigenvalue weighted by atomic mass is 16.6. The van der Waals surface area contributed by atoms with Crippen LogP contribution in [-0.4, -0.2) is 63.9 Å². The van der Waals surface area contributed by atoms with Crippen LogP contribution >= 0.6 is 0 Å². The molecule has 9 heteroatoms. The van der Waals surface area contributed by atoms with Crippen LogP contribution < -0.4 is 0 Å². The first kappa shape index (κ1) is 22.9. The van der Waals surface area contributed by atoms with Crippen LogP contribution in [0.2, 0.25) is 0 Å². The van der Waals surface area contributed by atoms with Gasteiger partial charge in [0.15, 0.2) is 0 Å². The predicted octanol–water partition coefficient (Wildman–Crippen LogP) is 1.40. The third-order valence-electron chi connectivity index (χ3n) is 4.01. The van der Waals surface area contributed by atoms with Crippen LogP contribution in [0.1, 0.15) is 54.9 Å². The lowest BCUT2D eigenvalue weighted by molar-refractivity contribution is -0.186. The average Bonchev–Trinajstić information content (AvgIpc) is 2.74. The van der Waals surface area contributed by atoms with E-state index in [9.17, 15) is 24.3 Å². The number of imide groups is 1. The van der Waals surface area contributed by atoms with Crippen LogP contribution in [0, 0.1) is 5.92 Å². The van der Waals surface area contributed by atoms with Gasteiger partial charge < -0.3 is 19.3 Å². The van der Waals surface area contributed by atoms with Gasteiger partial charge in [-0.2, -0.15) is 0 Å². The first-order valence-electron chi connectivity index (χ1n) is 8.87. The summed E-state index contributed by atoms with van der Waals surface area (Å²) in [6.45, 7) is 10.7. The quantitative estimate of drug-likeness (QED) is 0.555. The first-order valence-corrected chi connectivity index (χ1v) is 8.87. The number of aliphatic hydroxyl groups excluding tert-OH is 1. The fourth-order valence-electron chi connectivity index (χ4n) is 3.15. The summed E-state index contributed by atoms with van der Waals surface area (Å²) < 4.78 is 15.6. The summed E-state index contributed by atoms with van der Waals surface area (Å²) in [6.07, 6.45) is -4.57. The van der Waals surface area contributed by atoms with Crippen molar-refractivity contribution in [2.24, 2.45) is 5.92 Å². The van der Waals surface area contributed by atoms with Crippen molar-refractivity contribution in [3.63, 3.8) is 0 Å². The molecule has 2 amide bonds. The number of rotatable bonds is 5. The van der Waals surface area contributed by atoms with E-state index in [0.29, 0.717) is 4.90 Å². The van der Waals surface area contributed by atoms with E-state index in [4.69, 9.17) is 14.2 Å². The molecule has 9 nitrogen and oxygen atoms in total. The van der Waals surface area contributed by atoms with Crippen molar-refractivity contribution in [3.05, 3.63) is 0 Å². The molecule has 0 saturated carbocycles. The van der Waals surface area contributed by atoms with Gasteiger partial charge in [-0.1, -0.05) is 13.8 Å². The maximum atomic E-state index is 13.0. The van der Waals surface area contributed by atoms with Gasteiger partial charge >= 0.3 is 18.0 Å². The number of nitrogens with zero attached hydrogens (tertiary/aromatic N) is 1.